The second-order valence-corrected chi connectivity index (χ2v) is 3.89. The lowest BCUT2D eigenvalue weighted by Crippen LogP contribution is -2.07. The summed E-state index contributed by atoms with van der Waals surface area (Å²) in [6, 6.07) is 4.96. The van der Waals surface area contributed by atoms with Gasteiger partial charge in [0.15, 0.2) is 0 Å². The Morgan fingerprint density at radius 1 is 1.29 bits per heavy atom. The van der Waals surface area contributed by atoms with Crippen molar-refractivity contribution in [3.63, 3.8) is 0 Å². The lowest BCUT2D eigenvalue weighted by Gasteiger charge is -2.06. The molecule has 0 saturated carbocycles. The van der Waals surface area contributed by atoms with Crippen LogP contribution >= 0.6 is 0 Å². The minimum atomic E-state index is -0.747. The maximum absolute atomic E-state index is 11.6. The van der Waals surface area contributed by atoms with Gasteiger partial charge in [-0.05, 0) is 26.0 Å². The molecule has 0 fully saturated rings. The van der Waals surface area contributed by atoms with Crippen molar-refractivity contribution in [2.75, 3.05) is 20.8 Å². The van der Waals surface area contributed by atoms with Crippen molar-refractivity contribution in [1.82, 2.24) is 0 Å². The Labute approximate surface area is 122 Å². The molecule has 0 aromatic heterocycles. The largest absolute Gasteiger partial charge is 0.510 e. The molecule has 0 atom stereocenters. The first-order chi connectivity index (χ1) is 10.0. The number of benzene rings is 1. The summed E-state index contributed by atoms with van der Waals surface area (Å²) in [4.78, 5) is 11.6. The number of methoxy groups -OCH3 is 2. The highest BCUT2D eigenvalue weighted by Gasteiger charge is 2.14. The fourth-order valence-electron chi connectivity index (χ4n) is 1.44. The van der Waals surface area contributed by atoms with E-state index >= 15 is 0 Å². The van der Waals surface area contributed by atoms with Crippen LogP contribution in [0.5, 0.6) is 11.5 Å². The summed E-state index contributed by atoms with van der Waals surface area (Å²) in [5.41, 5.74) is 0.0987. The molecule has 1 rings (SSSR count). The first-order valence-electron chi connectivity index (χ1n) is 6.24. The van der Waals surface area contributed by atoms with Gasteiger partial charge in [0, 0.05) is 6.07 Å². The lowest BCUT2D eigenvalue weighted by atomic mass is 10.3. The smallest absolute Gasteiger partial charge is 0.362 e. The number of ether oxygens (including phenoxy) is 3. The predicted octanol–water partition coefficient (Wildman–Crippen LogP) is 3.14. The van der Waals surface area contributed by atoms with E-state index in [0.717, 1.165) is 0 Å². The van der Waals surface area contributed by atoms with Gasteiger partial charge in [0.2, 0.25) is 5.70 Å². The minimum Gasteiger partial charge on any atom is -0.510 e. The number of aliphatic hydroxyl groups is 1. The van der Waals surface area contributed by atoms with Crippen LogP contribution in [-0.2, 0) is 9.53 Å². The van der Waals surface area contributed by atoms with Gasteiger partial charge in [0.1, 0.15) is 22.9 Å². The number of hydrogen-bond donors (Lipinski definition) is 1. The van der Waals surface area contributed by atoms with E-state index in [4.69, 9.17) is 14.2 Å². The number of esters is 1. The third-order valence-corrected chi connectivity index (χ3v) is 2.46. The molecule has 0 saturated heterocycles. The molecule has 0 unspecified atom stereocenters. The number of hydrogen-bond acceptors (Lipinski definition) is 7. The Kier molecular flexibility index (Phi) is 6.19. The quantitative estimate of drug-likeness (QED) is 0.377. The standard InChI is InChI=1S/C14H18N2O5/c1-5-21-14(18)13(9(2)17)16-15-11-8-10(19-3)6-7-12(11)20-4/h6-8,17H,5H2,1-4H3. The first-order valence-corrected chi connectivity index (χ1v) is 6.24. The van der Waals surface area contributed by atoms with Crippen LogP contribution in [0.1, 0.15) is 13.8 Å². The number of carbonyl (C=O) groups is 1. The van der Waals surface area contributed by atoms with Crippen LogP contribution in [-0.4, -0.2) is 31.9 Å². The Bertz CT molecular complexity index is 562. The fourth-order valence-corrected chi connectivity index (χ4v) is 1.44. The molecule has 0 bridgehead atoms. The zero-order valence-electron chi connectivity index (χ0n) is 12.4. The van der Waals surface area contributed by atoms with Crippen LogP contribution in [0, 0.1) is 0 Å². The number of allylic oxidation sites excluding steroid dienone is 1. The Morgan fingerprint density at radius 2 is 2.00 bits per heavy atom. The van der Waals surface area contributed by atoms with Gasteiger partial charge in [-0.15, -0.1) is 10.2 Å². The maximum atomic E-state index is 11.6. The van der Waals surface area contributed by atoms with Gasteiger partial charge in [0.05, 0.1) is 20.8 Å². The highest BCUT2D eigenvalue weighted by atomic mass is 16.5. The summed E-state index contributed by atoms with van der Waals surface area (Å²) in [5, 5.41) is 17.1. The van der Waals surface area contributed by atoms with E-state index < -0.39 is 5.97 Å². The van der Waals surface area contributed by atoms with Gasteiger partial charge >= 0.3 is 5.97 Å². The molecule has 1 N–H and O–H groups in total. The molecule has 7 heteroatoms. The maximum Gasteiger partial charge on any atom is 0.362 e. The zero-order chi connectivity index (χ0) is 15.8. The number of aliphatic hydroxyl groups excluding tert-OH is 1. The van der Waals surface area contributed by atoms with Gasteiger partial charge in [-0.2, -0.15) is 0 Å². The third kappa shape index (κ3) is 4.48. The monoisotopic (exact) mass is 294 g/mol. The molecule has 0 amide bonds. The summed E-state index contributed by atoms with van der Waals surface area (Å²) in [7, 11) is 3.00. The second-order valence-electron chi connectivity index (χ2n) is 3.89. The van der Waals surface area contributed by atoms with Crippen LogP contribution in [0.4, 0.5) is 5.69 Å². The van der Waals surface area contributed by atoms with Gasteiger partial charge < -0.3 is 19.3 Å². The first kappa shape index (κ1) is 16.5. The van der Waals surface area contributed by atoms with Crippen molar-refractivity contribution in [2.45, 2.75) is 13.8 Å². The molecule has 0 aliphatic rings. The van der Waals surface area contributed by atoms with Gasteiger partial charge in [0.25, 0.3) is 0 Å². The molecular formula is C14H18N2O5. The van der Waals surface area contributed by atoms with Gasteiger partial charge in [-0.25, -0.2) is 4.79 Å². The van der Waals surface area contributed by atoms with E-state index in [1.807, 2.05) is 0 Å². The minimum absolute atomic E-state index is 0.174. The van der Waals surface area contributed by atoms with E-state index in [1.54, 1.807) is 25.1 Å². The van der Waals surface area contributed by atoms with Gasteiger partial charge in [-0.3, -0.25) is 0 Å². The van der Waals surface area contributed by atoms with Crippen molar-refractivity contribution in [1.29, 1.82) is 0 Å². The van der Waals surface area contributed by atoms with Crippen LogP contribution in [0.3, 0.4) is 0 Å². The SMILES string of the molecule is CCOC(=O)C(N=Nc1cc(OC)ccc1OC)=C(C)O. The van der Waals surface area contributed by atoms with Crippen molar-refractivity contribution in [3.05, 3.63) is 29.7 Å². The molecule has 1 aromatic carbocycles. The van der Waals surface area contributed by atoms with E-state index in [2.05, 4.69) is 10.2 Å². The van der Waals surface area contributed by atoms with Gasteiger partial charge in [-0.1, -0.05) is 0 Å². The highest BCUT2D eigenvalue weighted by Crippen LogP contribution is 2.32. The normalized spacial score (nSPS) is 12.0. The van der Waals surface area contributed by atoms with Crippen LogP contribution in [0.25, 0.3) is 0 Å². The number of carbonyl (C=O) groups excluding carboxylic acids is 1. The molecule has 0 aliphatic carbocycles. The third-order valence-electron chi connectivity index (χ3n) is 2.46. The summed E-state index contributed by atoms with van der Waals surface area (Å²) in [6.45, 7) is 3.16. The number of azo groups is 1. The van der Waals surface area contributed by atoms with Crippen LogP contribution in [0.15, 0.2) is 39.9 Å². The van der Waals surface area contributed by atoms with Crippen molar-refractivity contribution >= 4 is 11.7 Å². The molecule has 114 valence electrons. The molecule has 21 heavy (non-hydrogen) atoms. The Morgan fingerprint density at radius 3 is 2.52 bits per heavy atom. The van der Waals surface area contributed by atoms with Crippen molar-refractivity contribution in [2.24, 2.45) is 10.2 Å². The van der Waals surface area contributed by atoms with E-state index in [0.29, 0.717) is 17.2 Å². The molecule has 0 spiro atoms. The Hall–Kier alpha value is -2.57. The van der Waals surface area contributed by atoms with E-state index in [9.17, 15) is 9.90 Å². The van der Waals surface area contributed by atoms with Crippen molar-refractivity contribution in [3.8, 4) is 11.5 Å². The lowest BCUT2D eigenvalue weighted by molar-refractivity contribution is -0.138. The average molecular weight is 294 g/mol. The van der Waals surface area contributed by atoms with E-state index in [1.165, 1.54) is 21.1 Å². The predicted molar refractivity (Wildman–Crippen MR) is 76.0 cm³/mol. The Balaban J connectivity index is 3.12. The zero-order valence-corrected chi connectivity index (χ0v) is 12.4. The van der Waals surface area contributed by atoms with Crippen LogP contribution < -0.4 is 9.47 Å². The molecule has 0 radical (unpaired) electrons. The molecule has 7 nitrogen and oxygen atoms in total. The summed E-state index contributed by atoms with van der Waals surface area (Å²) < 4.78 is 15.0. The second kappa shape index (κ2) is 7.88. The molecule has 1 aromatic rings. The highest BCUT2D eigenvalue weighted by molar-refractivity contribution is 5.88. The average Bonchev–Trinajstić information content (AvgIpc) is 2.47. The summed E-state index contributed by atoms with van der Waals surface area (Å²) in [6.07, 6.45) is 0. The number of rotatable bonds is 6. The van der Waals surface area contributed by atoms with Crippen molar-refractivity contribution < 1.29 is 24.1 Å². The van der Waals surface area contributed by atoms with Crippen LogP contribution in [0.2, 0.25) is 0 Å². The molecule has 0 heterocycles. The molecular weight excluding hydrogens is 276 g/mol. The van der Waals surface area contributed by atoms with E-state index in [-0.39, 0.29) is 18.1 Å². The fraction of sp³-hybridized carbons (Fsp3) is 0.357. The molecule has 0 aliphatic heterocycles. The summed E-state index contributed by atoms with van der Waals surface area (Å²) >= 11 is 0. The summed E-state index contributed by atoms with van der Waals surface area (Å²) in [5.74, 6) is -0.00679. The number of nitrogens with zero attached hydrogens (tertiary/aromatic N) is 2. The topological polar surface area (TPSA) is 89.7 Å².